The number of nitrogens with zero attached hydrogens (tertiary/aromatic N) is 3. The number of Topliss-reactive ketones (excluding diaryl/α,β-unsaturated/α-hetero) is 2. The van der Waals surface area contributed by atoms with Gasteiger partial charge in [0.05, 0.1) is 0 Å². The molecule has 1 aliphatic carbocycles. The zero-order valence-corrected chi connectivity index (χ0v) is 19.2. The van der Waals surface area contributed by atoms with Crippen LogP contribution in [0.4, 0.5) is 0 Å². The first-order valence-electron chi connectivity index (χ1n) is 10.1. The van der Waals surface area contributed by atoms with Gasteiger partial charge in [-0.3, -0.25) is 0 Å². The van der Waals surface area contributed by atoms with Gasteiger partial charge in [-0.15, -0.1) is 0 Å². The Labute approximate surface area is 186 Å². The zero-order valence-electron chi connectivity index (χ0n) is 17.5. The van der Waals surface area contributed by atoms with Gasteiger partial charge in [-0.25, -0.2) is 0 Å². The van der Waals surface area contributed by atoms with Crippen LogP contribution in [0.3, 0.4) is 0 Å². The van der Waals surface area contributed by atoms with Crippen LogP contribution in [0, 0.1) is 6.92 Å². The fourth-order valence-corrected chi connectivity index (χ4v) is 5.77. The molecule has 0 spiro atoms. The molecule has 6 nitrogen and oxygen atoms in total. The van der Waals surface area contributed by atoms with E-state index in [1.165, 1.54) is 10.0 Å². The molecular weight excluding hydrogens is 457 g/mol. The number of carbonyl (C=O) groups excluding carboxylic acids is 2. The summed E-state index contributed by atoms with van der Waals surface area (Å²) in [7, 11) is 0. The number of hydrogen-bond donors (Lipinski definition) is 0. The predicted molar refractivity (Wildman–Crippen MR) is 117 cm³/mol. The van der Waals surface area contributed by atoms with Gasteiger partial charge < -0.3 is 0 Å². The number of benzene rings is 2. The van der Waals surface area contributed by atoms with E-state index in [4.69, 9.17) is 4.74 Å². The molecule has 1 unspecified atom stereocenters. The van der Waals surface area contributed by atoms with Gasteiger partial charge in [0.1, 0.15) is 0 Å². The average Bonchev–Trinajstić information content (AvgIpc) is 3.32. The molecule has 0 fully saturated rings. The van der Waals surface area contributed by atoms with E-state index in [9.17, 15) is 9.59 Å². The minimum absolute atomic E-state index is 0.232. The van der Waals surface area contributed by atoms with Crippen molar-refractivity contribution in [3.8, 4) is 0 Å². The summed E-state index contributed by atoms with van der Waals surface area (Å²) in [6.07, 6.45) is 1.87. The van der Waals surface area contributed by atoms with Crippen molar-refractivity contribution in [2.24, 2.45) is 0 Å². The van der Waals surface area contributed by atoms with E-state index in [2.05, 4.69) is 41.5 Å². The molecule has 1 aliphatic heterocycles. The van der Waals surface area contributed by atoms with Crippen molar-refractivity contribution >= 4 is 36.7 Å². The number of ketones is 2. The maximum atomic E-state index is 13.0. The van der Waals surface area contributed by atoms with Crippen molar-refractivity contribution in [3.05, 3.63) is 82.7 Å². The van der Waals surface area contributed by atoms with Crippen molar-refractivity contribution in [2.45, 2.75) is 37.7 Å². The van der Waals surface area contributed by atoms with E-state index in [0.717, 1.165) is 11.0 Å². The summed E-state index contributed by atoms with van der Waals surface area (Å²) in [5.41, 5.74) is 2.79. The van der Waals surface area contributed by atoms with Crippen LogP contribution in [0.25, 0.3) is 5.76 Å². The van der Waals surface area contributed by atoms with E-state index in [0.29, 0.717) is 22.5 Å². The molecule has 2 heterocycles. The molecule has 2 aromatic carbocycles. The molecule has 2 aliphatic rings. The fourth-order valence-electron chi connectivity index (χ4n) is 4.15. The van der Waals surface area contributed by atoms with Gasteiger partial charge in [0.25, 0.3) is 0 Å². The Kier molecular flexibility index (Phi) is 4.68. The summed E-state index contributed by atoms with van der Waals surface area (Å²) in [6, 6.07) is 15.1. The van der Waals surface area contributed by atoms with E-state index >= 15 is 0 Å². The van der Waals surface area contributed by atoms with Crippen molar-refractivity contribution in [1.29, 1.82) is 0 Å². The summed E-state index contributed by atoms with van der Waals surface area (Å²) in [4.78, 5) is 25.8. The standard InChI is InChI=1S/C24H21N3O3Se/c1-14-8-10-16(11-9-14)31-13-15-12-27(26-25-15)23-19-21(29)20(28)17-6-4-5-7-18(17)22(19)30-24(23,2)3/h4-12,23H,13H2,1-3H3. The van der Waals surface area contributed by atoms with Crippen LogP contribution in [0.15, 0.2) is 60.3 Å². The molecule has 0 radical (unpaired) electrons. The first-order chi connectivity index (χ1) is 14.8. The first-order valence-corrected chi connectivity index (χ1v) is 12.1. The Bertz CT molecular complexity index is 1240. The molecule has 0 bridgehead atoms. The zero-order chi connectivity index (χ0) is 21.8. The van der Waals surface area contributed by atoms with Crippen LogP contribution in [0.2, 0.25) is 0 Å². The van der Waals surface area contributed by atoms with Crippen molar-refractivity contribution in [2.75, 3.05) is 0 Å². The van der Waals surface area contributed by atoms with Crippen molar-refractivity contribution < 1.29 is 14.3 Å². The monoisotopic (exact) mass is 479 g/mol. The van der Waals surface area contributed by atoms with E-state index in [1.807, 2.05) is 32.2 Å². The molecule has 156 valence electrons. The Morgan fingerprint density at radius 1 is 1.03 bits per heavy atom. The maximum absolute atomic E-state index is 13.0. The van der Waals surface area contributed by atoms with Gasteiger partial charge in [-0.05, 0) is 0 Å². The SMILES string of the molecule is Cc1ccc([Se]Cc2cn(C3C4=C(OC3(C)C)c3ccccc3C(=O)C4=O)nn2)cc1. The normalized spacial score (nSPS) is 19.3. The molecule has 3 aromatic rings. The van der Waals surface area contributed by atoms with Crippen LogP contribution in [0.1, 0.15) is 47.1 Å². The molecule has 0 saturated carbocycles. The third-order valence-electron chi connectivity index (χ3n) is 5.64. The summed E-state index contributed by atoms with van der Waals surface area (Å²) in [6.45, 7) is 5.90. The average molecular weight is 478 g/mol. The van der Waals surface area contributed by atoms with Crippen LogP contribution >= 0.6 is 0 Å². The van der Waals surface area contributed by atoms with Gasteiger partial charge in [0, 0.05) is 0 Å². The van der Waals surface area contributed by atoms with E-state index in [1.54, 1.807) is 16.8 Å². The predicted octanol–water partition coefficient (Wildman–Crippen LogP) is 2.64. The molecular formula is C24H21N3O3Se. The Morgan fingerprint density at radius 3 is 2.48 bits per heavy atom. The quantitative estimate of drug-likeness (QED) is 0.426. The summed E-state index contributed by atoms with van der Waals surface area (Å²) >= 11 is 0.232. The number of aryl methyl sites for hydroxylation is 1. The van der Waals surface area contributed by atoms with E-state index in [-0.39, 0.29) is 15.0 Å². The molecule has 5 rings (SSSR count). The summed E-state index contributed by atoms with van der Waals surface area (Å²) in [5, 5.41) is 9.46. The van der Waals surface area contributed by atoms with Crippen LogP contribution in [-0.4, -0.2) is 47.1 Å². The van der Waals surface area contributed by atoms with Crippen LogP contribution in [0.5, 0.6) is 0 Å². The molecule has 7 heteroatoms. The van der Waals surface area contributed by atoms with Crippen LogP contribution in [-0.2, 0) is 14.9 Å². The number of rotatable bonds is 4. The number of ether oxygens (including phenoxy) is 1. The van der Waals surface area contributed by atoms with E-state index < -0.39 is 23.2 Å². The third kappa shape index (κ3) is 3.34. The molecule has 0 amide bonds. The fraction of sp³-hybridized carbons (Fsp3) is 0.250. The number of hydrogen-bond acceptors (Lipinski definition) is 5. The van der Waals surface area contributed by atoms with Crippen molar-refractivity contribution in [1.82, 2.24) is 15.0 Å². The minimum atomic E-state index is -0.745. The third-order valence-corrected chi connectivity index (χ3v) is 7.83. The Balaban J connectivity index is 1.47. The van der Waals surface area contributed by atoms with Gasteiger partial charge in [-0.1, -0.05) is 0 Å². The summed E-state index contributed by atoms with van der Waals surface area (Å²) < 4.78 is 9.22. The molecule has 1 aromatic heterocycles. The number of fused-ring (bicyclic) bond motifs is 2. The van der Waals surface area contributed by atoms with Gasteiger partial charge in [0.2, 0.25) is 0 Å². The van der Waals surface area contributed by atoms with Gasteiger partial charge in [-0.2, -0.15) is 0 Å². The van der Waals surface area contributed by atoms with Gasteiger partial charge >= 0.3 is 186 Å². The molecule has 0 saturated heterocycles. The first kappa shape index (κ1) is 19.9. The Morgan fingerprint density at radius 2 is 1.74 bits per heavy atom. The molecule has 31 heavy (non-hydrogen) atoms. The van der Waals surface area contributed by atoms with Crippen LogP contribution < -0.4 is 4.46 Å². The second-order valence-corrected chi connectivity index (χ2v) is 10.5. The second kappa shape index (κ2) is 7.29. The number of aromatic nitrogens is 3. The molecule has 0 N–H and O–H groups in total. The second-order valence-electron chi connectivity index (χ2n) is 8.35. The Hall–Kier alpha value is -3.02. The summed E-state index contributed by atoms with van der Waals surface area (Å²) in [5.74, 6) is -0.537. The number of carbonyl (C=O) groups is 2. The van der Waals surface area contributed by atoms with Gasteiger partial charge in [0.15, 0.2) is 0 Å². The van der Waals surface area contributed by atoms with Crippen molar-refractivity contribution in [3.63, 3.8) is 0 Å². The topological polar surface area (TPSA) is 74.1 Å². The molecule has 1 atom stereocenters.